The van der Waals surface area contributed by atoms with E-state index in [1.54, 1.807) is 23.3 Å². The van der Waals surface area contributed by atoms with Gasteiger partial charge in [0.1, 0.15) is 17.8 Å². The highest BCUT2D eigenvalue weighted by molar-refractivity contribution is 5.92. The number of nitrogens with zero attached hydrogens (tertiary/aromatic N) is 5. The number of aryl methyl sites for hydroxylation is 1. The van der Waals surface area contributed by atoms with Crippen LogP contribution in [0.1, 0.15) is 46.2 Å². The summed E-state index contributed by atoms with van der Waals surface area (Å²) in [7, 11) is 0. The molecule has 0 bridgehead atoms. The predicted octanol–water partition coefficient (Wildman–Crippen LogP) is 3.43. The van der Waals surface area contributed by atoms with Crippen LogP contribution < -0.4 is 5.32 Å². The third-order valence-electron chi connectivity index (χ3n) is 5.16. The minimum Gasteiger partial charge on any atom is -0.347 e. The highest BCUT2D eigenvalue weighted by atomic mass is 16.5. The number of hydrogen-bond acceptors (Lipinski definition) is 6. The van der Waals surface area contributed by atoms with Crippen LogP contribution in [-0.2, 0) is 6.54 Å². The summed E-state index contributed by atoms with van der Waals surface area (Å²) in [6.45, 7) is 2.47. The van der Waals surface area contributed by atoms with E-state index >= 15 is 0 Å². The fourth-order valence-corrected chi connectivity index (χ4v) is 3.19. The third kappa shape index (κ3) is 3.71. The molecule has 1 N–H and O–H groups in total. The van der Waals surface area contributed by atoms with Crippen LogP contribution in [0.4, 0.5) is 0 Å². The molecular weight excluding hydrogens is 380 g/mol. The molecule has 0 spiro atoms. The molecule has 8 heteroatoms. The zero-order chi connectivity index (χ0) is 20.5. The maximum absolute atomic E-state index is 12.5. The van der Waals surface area contributed by atoms with E-state index in [-0.39, 0.29) is 5.91 Å². The van der Waals surface area contributed by atoms with Crippen LogP contribution >= 0.6 is 0 Å². The van der Waals surface area contributed by atoms with E-state index < -0.39 is 0 Å². The molecule has 8 nitrogen and oxygen atoms in total. The van der Waals surface area contributed by atoms with E-state index in [9.17, 15) is 4.79 Å². The average molecular weight is 400 g/mol. The van der Waals surface area contributed by atoms with Crippen molar-refractivity contribution >= 4 is 5.91 Å². The number of nitrogens with one attached hydrogen (secondary N) is 1. The molecule has 0 atom stereocenters. The van der Waals surface area contributed by atoms with E-state index in [0.717, 1.165) is 35.4 Å². The molecule has 5 rings (SSSR count). The minimum atomic E-state index is -0.237. The van der Waals surface area contributed by atoms with E-state index in [1.807, 2.05) is 43.3 Å². The lowest BCUT2D eigenvalue weighted by atomic mass is 10.1. The highest BCUT2D eigenvalue weighted by Gasteiger charge is 2.29. The first-order valence-corrected chi connectivity index (χ1v) is 9.84. The number of imidazole rings is 1. The number of carbonyl (C=O) groups is 1. The van der Waals surface area contributed by atoms with Crippen molar-refractivity contribution in [1.82, 2.24) is 30.0 Å². The van der Waals surface area contributed by atoms with Gasteiger partial charge in [-0.25, -0.2) is 9.97 Å². The van der Waals surface area contributed by atoms with Gasteiger partial charge < -0.3 is 9.84 Å². The SMILES string of the molecule is Cc1ccccc1CNC(=O)c1cn(-c2cc(-c3nc(C4CC4)no3)ccn2)cn1. The Balaban J connectivity index is 1.31. The van der Waals surface area contributed by atoms with Gasteiger partial charge in [-0.3, -0.25) is 9.36 Å². The lowest BCUT2D eigenvalue weighted by Crippen LogP contribution is -2.23. The van der Waals surface area contributed by atoms with Crippen LogP contribution in [0.25, 0.3) is 17.3 Å². The highest BCUT2D eigenvalue weighted by Crippen LogP contribution is 2.38. The molecule has 1 amide bonds. The third-order valence-corrected chi connectivity index (χ3v) is 5.16. The van der Waals surface area contributed by atoms with Crippen molar-refractivity contribution < 1.29 is 9.32 Å². The molecule has 0 saturated heterocycles. The summed E-state index contributed by atoms with van der Waals surface area (Å²) in [6, 6.07) is 11.6. The fraction of sp³-hybridized carbons (Fsp3) is 0.227. The quantitative estimate of drug-likeness (QED) is 0.532. The molecule has 0 radical (unpaired) electrons. The molecule has 1 aromatic carbocycles. The largest absolute Gasteiger partial charge is 0.347 e. The van der Waals surface area contributed by atoms with Crippen molar-refractivity contribution in [2.75, 3.05) is 0 Å². The summed E-state index contributed by atoms with van der Waals surface area (Å²) < 4.78 is 7.09. The van der Waals surface area contributed by atoms with Crippen molar-refractivity contribution in [2.24, 2.45) is 0 Å². The van der Waals surface area contributed by atoms with Gasteiger partial charge in [0, 0.05) is 30.4 Å². The first-order valence-electron chi connectivity index (χ1n) is 9.84. The van der Waals surface area contributed by atoms with Gasteiger partial charge in [-0.2, -0.15) is 4.98 Å². The molecule has 1 saturated carbocycles. The summed E-state index contributed by atoms with van der Waals surface area (Å²) >= 11 is 0. The lowest BCUT2D eigenvalue weighted by Gasteiger charge is -2.06. The second-order valence-corrected chi connectivity index (χ2v) is 7.41. The van der Waals surface area contributed by atoms with Crippen LogP contribution in [0.5, 0.6) is 0 Å². The van der Waals surface area contributed by atoms with Crippen LogP contribution in [0, 0.1) is 6.92 Å². The minimum absolute atomic E-state index is 0.237. The van der Waals surface area contributed by atoms with Crippen LogP contribution in [0.3, 0.4) is 0 Å². The van der Waals surface area contributed by atoms with Gasteiger partial charge in [-0.1, -0.05) is 29.4 Å². The fourth-order valence-electron chi connectivity index (χ4n) is 3.19. The molecular formula is C22H20N6O2. The Kier molecular flexibility index (Phi) is 4.59. The summed E-state index contributed by atoms with van der Waals surface area (Å²) in [5, 5.41) is 6.97. The number of benzene rings is 1. The van der Waals surface area contributed by atoms with Crippen molar-refractivity contribution in [3.05, 3.63) is 77.8 Å². The van der Waals surface area contributed by atoms with Crippen LogP contribution in [0.2, 0.25) is 0 Å². The Hall–Kier alpha value is -3.81. The van der Waals surface area contributed by atoms with Gasteiger partial charge in [0.05, 0.1) is 0 Å². The maximum Gasteiger partial charge on any atom is 0.271 e. The molecule has 0 aliphatic heterocycles. The zero-order valence-electron chi connectivity index (χ0n) is 16.4. The normalized spacial score (nSPS) is 13.4. The van der Waals surface area contributed by atoms with E-state index in [4.69, 9.17) is 4.52 Å². The molecule has 3 aromatic heterocycles. The summed E-state index contributed by atoms with van der Waals surface area (Å²) in [4.78, 5) is 25.6. The van der Waals surface area contributed by atoms with E-state index in [0.29, 0.717) is 29.9 Å². The topological polar surface area (TPSA) is 98.7 Å². The van der Waals surface area contributed by atoms with Crippen molar-refractivity contribution in [3.8, 4) is 17.3 Å². The Bertz CT molecular complexity index is 1210. The Morgan fingerprint density at radius 2 is 2.10 bits per heavy atom. The Labute approximate surface area is 173 Å². The van der Waals surface area contributed by atoms with Gasteiger partial charge in [0.2, 0.25) is 0 Å². The van der Waals surface area contributed by atoms with Crippen molar-refractivity contribution in [2.45, 2.75) is 32.2 Å². The number of amides is 1. The number of hydrogen-bond donors (Lipinski definition) is 1. The summed E-state index contributed by atoms with van der Waals surface area (Å²) in [5.74, 6) is 2.04. The van der Waals surface area contributed by atoms with E-state index in [2.05, 4.69) is 25.4 Å². The van der Waals surface area contributed by atoms with Gasteiger partial charge in [-0.15, -0.1) is 0 Å². The molecule has 150 valence electrons. The number of rotatable bonds is 6. The smallest absolute Gasteiger partial charge is 0.271 e. The van der Waals surface area contributed by atoms with Crippen LogP contribution in [0.15, 0.2) is 59.6 Å². The second-order valence-electron chi connectivity index (χ2n) is 7.41. The van der Waals surface area contributed by atoms with Gasteiger partial charge in [-0.05, 0) is 43.0 Å². The molecule has 1 fully saturated rings. The predicted molar refractivity (Wildman–Crippen MR) is 109 cm³/mol. The number of pyridine rings is 1. The first kappa shape index (κ1) is 18.2. The lowest BCUT2D eigenvalue weighted by molar-refractivity contribution is 0.0946. The van der Waals surface area contributed by atoms with Gasteiger partial charge in [0.15, 0.2) is 5.82 Å². The van der Waals surface area contributed by atoms with Gasteiger partial charge in [0.25, 0.3) is 11.8 Å². The standard InChI is InChI=1S/C22H20N6O2/c1-14-4-2-3-5-17(14)11-24-21(29)18-12-28(13-25-18)19-10-16(8-9-23-19)22-26-20(27-30-22)15-6-7-15/h2-5,8-10,12-13,15H,6-7,11H2,1H3,(H,24,29). The second kappa shape index (κ2) is 7.55. The average Bonchev–Trinajstić information content (AvgIpc) is 3.29. The van der Waals surface area contributed by atoms with Crippen LogP contribution in [-0.4, -0.2) is 30.6 Å². The molecule has 3 heterocycles. The molecule has 0 unspecified atom stereocenters. The Morgan fingerprint density at radius 1 is 1.23 bits per heavy atom. The van der Waals surface area contributed by atoms with E-state index in [1.165, 1.54) is 0 Å². The monoisotopic (exact) mass is 400 g/mol. The summed E-state index contributed by atoms with van der Waals surface area (Å²) in [5.41, 5.74) is 3.31. The van der Waals surface area contributed by atoms with Crippen molar-refractivity contribution in [3.63, 3.8) is 0 Å². The maximum atomic E-state index is 12.5. The number of carbonyl (C=O) groups excluding carboxylic acids is 1. The molecule has 30 heavy (non-hydrogen) atoms. The number of aromatic nitrogens is 5. The summed E-state index contributed by atoms with van der Waals surface area (Å²) in [6.07, 6.45) is 7.12. The molecule has 1 aliphatic carbocycles. The molecule has 4 aromatic rings. The van der Waals surface area contributed by atoms with Gasteiger partial charge >= 0.3 is 0 Å². The molecule has 1 aliphatic rings. The zero-order valence-corrected chi connectivity index (χ0v) is 16.4. The van der Waals surface area contributed by atoms with Crippen molar-refractivity contribution in [1.29, 1.82) is 0 Å². The first-order chi connectivity index (χ1) is 14.7. The Morgan fingerprint density at radius 3 is 2.93 bits per heavy atom.